The van der Waals surface area contributed by atoms with Crippen LogP contribution in [0.25, 0.3) is 0 Å². The highest BCUT2D eigenvalue weighted by atomic mass is 79.9. The van der Waals surface area contributed by atoms with Crippen LogP contribution in [-0.2, 0) is 0 Å². The summed E-state index contributed by atoms with van der Waals surface area (Å²) in [5.41, 5.74) is 12.3. The molecule has 0 aliphatic carbocycles. The van der Waals surface area contributed by atoms with Crippen molar-refractivity contribution >= 4 is 45.1 Å². The fourth-order valence-corrected chi connectivity index (χ4v) is 3.04. The van der Waals surface area contributed by atoms with Crippen LogP contribution in [0.15, 0.2) is 75.3 Å². The molecule has 1 amide bonds. The van der Waals surface area contributed by atoms with Crippen molar-refractivity contribution in [3.8, 4) is 0 Å². The zero-order valence-electron chi connectivity index (χ0n) is 12.9. The minimum Gasteiger partial charge on any atom is -0.393 e. The maximum absolute atomic E-state index is 12.1. The third-order valence-corrected chi connectivity index (χ3v) is 4.76. The van der Waals surface area contributed by atoms with Crippen LogP contribution >= 0.6 is 27.7 Å². The number of nitrogens with one attached hydrogen (secondary N) is 2. The maximum Gasteiger partial charge on any atom is 0.269 e. The van der Waals surface area contributed by atoms with Crippen molar-refractivity contribution in [3.05, 3.63) is 71.0 Å². The van der Waals surface area contributed by atoms with Crippen molar-refractivity contribution < 1.29 is 4.79 Å². The number of hydrazine groups is 1. The number of carbonyl (C=O) groups excluding carboxylic acids is 1. The van der Waals surface area contributed by atoms with Crippen LogP contribution in [0, 0.1) is 0 Å². The zero-order chi connectivity index (χ0) is 17.6. The van der Waals surface area contributed by atoms with E-state index in [1.54, 1.807) is 24.3 Å². The molecule has 0 unspecified atom stereocenters. The van der Waals surface area contributed by atoms with Crippen molar-refractivity contribution in [2.75, 3.05) is 11.2 Å². The van der Waals surface area contributed by atoms with Crippen molar-refractivity contribution in [2.24, 2.45) is 0 Å². The van der Waals surface area contributed by atoms with E-state index in [-0.39, 0.29) is 5.91 Å². The lowest BCUT2D eigenvalue weighted by Crippen LogP contribution is -2.30. The molecule has 0 saturated carbocycles. The Kier molecular flexibility index (Phi) is 5.52. The number of hydrogen-bond donors (Lipinski definition) is 3. The van der Waals surface area contributed by atoms with Crippen LogP contribution in [0.4, 0.5) is 11.5 Å². The molecule has 0 radical (unpaired) electrons. The number of halogens is 1. The second kappa shape index (κ2) is 8.00. The molecule has 0 atom stereocenters. The van der Waals surface area contributed by atoms with Crippen LogP contribution in [0.1, 0.15) is 10.4 Å². The number of nitrogens with two attached hydrogens (primary N) is 1. The molecule has 1 aromatic heterocycles. The molecule has 0 fully saturated rings. The summed E-state index contributed by atoms with van der Waals surface area (Å²) in [6, 6.07) is 16.8. The largest absolute Gasteiger partial charge is 0.393 e. The Labute approximate surface area is 157 Å². The molecular formula is C17H14BrN5OS. The molecule has 3 rings (SSSR count). The van der Waals surface area contributed by atoms with Crippen LogP contribution in [0.3, 0.4) is 0 Å². The lowest BCUT2D eigenvalue weighted by molar-refractivity contribution is 0.0962. The van der Waals surface area contributed by atoms with Gasteiger partial charge in [-0.05, 0) is 36.4 Å². The fraction of sp³-hybridized carbons (Fsp3) is 0. The Bertz CT molecular complexity index is 874. The van der Waals surface area contributed by atoms with Gasteiger partial charge in [0.1, 0.15) is 17.0 Å². The Balaban J connectivity index is 1.69. The summed E-state index contributed by atoms with van der Waals surface area (Å²) < 4.78 is 0.902. The van der Waals surface area contributed by atoms with E-state index in [1.165, 1.54) is 18.1 Å². The molecule has 6 nitrogen and oxygen atoms in total. The molecule has 0 aliphatic heterocycles. The van der Waals surface area contributed by atoms with Gasteiger partial charge in [0.15, 0.2) is 5.82 Å². The van der Waals surface area contributed by atoms with E-state index >= 15 is 0 Å². The van der Waals surface area contributed by atoms with Gasteiger partial charge in [0.05, 0.1) is 0 Å². The molecular weight excluding hydrogens is 402 g/mol. The Morgan fingerprint density at radius 3 is 2.48 bits per heavy atom. The molecule has 1 heterocycles. The van der Waals surface area contributed by atoms with Gasteiger partial charge < -0.3 is 5.73 Å². The van der Waals surface area contributed by atoms with E-state index in [0.29, 0.717) is 22.1 Å². The summed E-state index contributed by atoms with van der Waals surface area (Å²) in [4.78, 5) is 21.4. The van der Waals surface area contributed by atoms with E-state index in [0.717, 1.165) is 9.37 Å². The zero-order valence-corrected chi connectivity index (χ0v) is 15.3. The molecule has 0 saturated heterocycles. The summed E-state index contributed by atoms with van der Waals surface area (Å²) >= 11 is 4.76. The number of aromatic nitrogens is 2. The molecule has 126 valence electrons. The first-order valence-corrected chi connectivity index (χ1v) is 8.90. The summed E-state index contributed by atoms with van der Waals surface area (Å²) in [6.07, 6.45) is 1.40. The first-order valence-electron chi connectivity index (χ1n) is 7.29. The van der Waals surface area contributed by atoms with E-state index < -0.39 is 0 Å². The molecule has 8 heteroatoms. The summed E-state index contributed by atoms with van der Waals surface area (Å²) in [7, 11) is 0. The Morgan fingerprint density at radius 1 is 1.04 bits per heavy atom. The number of rotatable bonds is 5. The average molecular weight is 416 g/mol. The van der Waals surface area contributed by atoms with E-state index in [9.17, 15) is 4.79 Å². The quantitative estimate of drug-likeness (QED) is 0.434. The fourth-order valence-electron chi connectivity index (χ4n) is 1.95. The van der Waals surface area contributed by atoms with Gasteiger partial charge in [-0.25, -0.2) is 9.97 Å². The monoisotopic (exact) mass is 415 g/mol. The highest BCUT2D eigenvalue weighted by Crippen LogP contribution is 2.32. The van der Waals surface area contributed by atoms with E-state index in [1.807, 2.05) is 30.3 Å². The van der Waals surface area contributed by atoms with Gasteiger partial charge in [-0.1, -0.05) is 45.9 Å². The first kappa shape index (κ1) is 17.2. The summed E-state index contributed by atoms with van der Waals surface area (Å²) in [6.45, 7) is 0. The predicted molar refractivity (Wildman–Crippen MR) is 102 cm³/mol. The van der Waals surface area contributed by atoms with Gasteiger partial charge in [0, 0.05) is 14.9 Å². The highest BCUT2D eigenvalue weighted by Gasteiger charge is 2.11. The van der Waals surface area contributed by atoms with Crippen LogP contribution in [-0.4, -0.2) is 15.9 Å². The van der Waals surface area contributed by atoms with E-state index in [4.69, 9.17) is 5.73 Å². The molecule has 0 spiro atoms. The lowest BCUT2D eigenvalue weighted by Gasteiger charge is -2.12. The average Bonchev–Trinajstić information content (AvgIpc) is 2.63. The number of hydrogen-bond acceptors (Lipinski definition) is 6. The van der Waals surface area contributed by atoms with Gasteiger partial charge in [-0.3, -0.25) is 15.6 Å². The van der Waals surface area contributed by atoms with Gasteiger partial charge in [0.25, 0.3) is 5.91 Å². The lowest BCUT2D eigenvalue weighted by atomic mass is 10.2. The molecule has 3 aromatic rings. The van der Waals surface area contributed by atoms with Crippen molar-refractivity contribution in [1.82, 2.24) is 15.4 Å². The molecule has 25 heavy (non-hydrogen) atoms. The normalized spacial score (nSPS) is 10.3. The van der Waals surface area contributed by atoms with E-state index in [2.05, 4.69) is 36.7 Å². The van der Waals surface area contributed by atoms with Gasteiger partial charge in [0.2, 0.25) is 0 Å². The smallest absolute Gasteiger partial charge is 0.269 e. The Hall–Kier alpha value is -2.58. The number of nitrogens with zero attached hydrogens (tertiary/aromatic N) is 2. The summed E-state index contributed by atoms with van der Waals surface area (Å²) in [5.74, 6) is 0.0571. The van der Waals surface area contributed by atoms with Crippen LogP contribution < -0.4 is 16.6 Å². The van der Waals surface area contributed by atoms with Crippen LogP contribution in [0.2, 0.25) is 0 Å². The molecule has 0 bridgehead atoms. The third-order valence-electron chi connectivity index (χ3n) is 3.21. The number of carbonyl (C=O) groups is 1. The highest BCUT2D eigenvalue weighted by molar-refractivity contribution is 9.10. The molecule has 4 N–H and O–H groups in total. The van der Waals surface area contributed by atoms with Crippen molar-refractivity contribution in [1.29, 1.82) is 0 Å². The number of amides is 1. The first-order chi connectivity index (χ1) is 12.1. The topological polar surface area (TPSA) is 92.9 Å². The van der Waals surface area contributed by atoms with Crippen LogP contribution in [0.5, 0.6) is 0 Å². The minimum atomic E-state index is -0.289. The van der Waals surface area contributed by atoms with Gasteiger partial charge >= 0.3 is 0 Å². The maximum atomic E-state index is 12.1. The van der Waals surface area contributed by atoms with Crippen molar-refractivity contribution in [3.63, 3.8) is 0 Å². The van der Waals surface area contributed by atoms with Gasteiger partial charge in [-0.2, -0.15) is 0 Å². The van der Waals surface area contributed by atoms with Crippen molar-refractivity contribution in [2.45, 2.75) is 9.92 Å². The SMILES string of the molecule is Nc1c(NNC(=O)c2ccc(Br)cc2)ncnc1Sc1ccccc1. The molecule has 2 aromatic carbocycles. The van der Waals surface area contributed by atoms with Gasteiger partial charge in [-0.15, -0.1) is 0 Å². The second-order valence-corrected chi connectivity index (χ2v) is 6.92. The predicted octanol–water partition coefficient (Wildman–Crippen LogP) is 3.73. The standard InChI is InChI=1S/C17H14BrN5OS/c18-12-8-6-11(7-9-12)16(24)23-22-15-14(19)17(21-10-20-15)25-13-4-2-1-3-5-13/h1-10H,19H2,(H,23,24)(H,20,21,22). The Morgan fingerprint density at radius 2 is 1.76 bits per heavy atom. The minimum absolute atomic E-state index is 0.289. The number of nitrogen functional groups attached to an aromatic ring is 1. The number of anilines is 2. The third kappa shape index (κ3) is 4.49. The number of benzene rings is 2. The summed E-state index contributed by atoms with van der Waals surface area (Å²) in [5, 5.41) is 0.613. The second-order valence-electron chi connectivity index (χ2n) is 4.94. The molecule has 0 aliphatic rings.